The van der Waals surface area contributed by atoms with E-state index in [1.165, 1.54) is 11.8 Å². The minimum absolute atomic E-state index is 0.218. The molecule has 0 aromatic carbocycles. The summed E-state index contributed by atoms with van der Waals surface area (Å²) in [4.78, 5) is 15.5. The number of alkyl carbamates (subject to hydrolysis) is 1. The zero-order chi connectivity index (χ0) is 11.6. The Kier molecular flexibility index (Phi) is 3.44. The first-order valence-corrected chi connectivity index (χ1v) is 5.60. The van der Waals surface area contributed by atoms with Crippen molar-refractivity contribution in [2.75, 3.05) is 0 Å². The number of nitrogens with zero attached hydrogens (tertiary/aromatic N) is 1. The van der Waals surface area contributed by atoms with E-state index < -0.39 is 11.7 Å². The average molecular weight is 228 g/mol. The SMILES string of the molecule is C=C1N=C(NC(=O)OC(C)(C)C)SC1C. The van der Waals surface area contributed by atoms with Crippen molar-refractivity contribution in [3.8, 4) is 0 Å². The Labute approximate surface area is 94.2 Å². The van der Waals surface area contributed by atoms with Crippen LogP contribution < -0.4 is 5.32 Å². The van der Waals surface area contributed by atoms with E-state index in [4.69, 9.17) is 4.74 Å². The molecule has 1 heterocycles. The number of rotatable bonds is 0. The lowest BCUT2D eigenvalue weighted by molar-refractivity contribution is 0.0564. The van der Waals surface area contributed by atoms with E-state index >= 15 is 0 Å². The normalized spacial score (nSPS) is 21.2. The van der Waals surface area contributed by atoms with E-state index in [9.17, 15) is 4.79 Å². The molecule has 4 nitrogen and oxygen atoms in total. The predicted octanol–water partition coefficient (Wildman–Crippen LogP) is 2.52. The number of hydrogen-bond acceptors (Lipinski definition) is 4. The molecule has 0 saturated heterocycles. The van der Waals surface area contributed by atoms with Gasteiger partial charge < -0.3 is 4.74 Å². The molecule has 0 aromatic rings. The van der Waals surface area contributed by atoms with Crippen molar-refractivity contribution in [3.63, 3.8) is 0 Å². The molecule has 1 atom stereocenters. The van der Waals surface area contributed by atoms with E-state index in [-0.39, 0.29) is 5.25 Å². The molecule has 5 heteroatoms. The van der Waals surface area contributed by atoms with Crippen LogP contribution in [0.25, 0.3) is 0 Å². The third kappa shape index (κ3) is 3.95. The topological polar surface area (TPSA) is 50.7 Å². The van der Waals surface area contributed by atoms with Crippen LogP contribution in [0.4, 0.5) is 4.79 Å². The first-order chi connectivity index (χ1) is 6.78. The van der Waals surface area contributed by atoms with Crippen molar-refractivity contribution in [1.29, 1.82) is 0 Å². The fourth-order valence-electron chi connectivity index (χ4n) is 0.931. The maximum absolute atomic E-state index is 11.4. The Morgan fingerprint density at radius 2 is 2.20 bits per heavy atom. The number of amidine groups is 1. The summed E-state index contributed by atoms with van der Waals surface area (Å²) in [6, 6.07) is 0. The van der Waals surface area contributed by atoms with Gasteiger partial charge in [-0.3, -0.25) is 5.32 Å². The second-order valence-electron chi connectivity index (χ2n) is 4.30. The lowest BCUT2D eigenvalue weighted by Gasteiger charge is -2.19. The van der Waals surface area contributed by atoms with Gasteiger partial charge in [0.2, 0.25) is 0 Å². The van der Waals surface area contributed by atoms with Crippen molar-refractivity contribution in [2.45, 2.75) is 38.5 Å². The third-order valence-electron chi connectivity index (χ3n) is 1.61. The molecule has 1 aliphatic heterocycles. The van der Waals surface area contributed by atoms with E-state index in [1.807, 2.05) is 27.7 Å². The molecule has 1 N–H and O–H groups in total. The molecule has 1 unspecified atom stereocenters. The zero-order valence-electron chi connectivity index (χ0n) is 9.46. The molecule has 0 fully saturated rings. The monoisotopic (exact) mass is 228 g/mol. The molecule has 1 amide bonds. The zero-order valence-corrected chi connectivity index (χ0v) is 10.3. The molecule has 0 radical (unpaired) electrons. The second-order valence-corrected chi connectivity index (χ2v) is 5.62. The Morgan fingerprint density at radius 3 is 2.60 bits per heavy atom. The summed E-state index contributed by atoms with van der Waals surface area (Å²) in [6.07, 6.45) is -0.476. The molecule has 0 saturated carbocycles. The van der Waals surface area contributed by atoms with Crippen molar-refractivity contribution in [3.05, 3.63) is 12.3 Å². The van der Waals surface area contributed by atoms with Gasteiger partial charge in [-0.1, -0.05) is 18.3 Å². The minimum Gasteiger partial charge on any atom is -0.444 e. The summed E-state index contributed by atoms with van der Waals surface area (Å²) in [7, 11) is 0. The van der Waals surface area contributed by atoms with Crippen molar-refractivity contribution < 1.29 is 9.53 Å². The minimum atomic E-state index is -0.490. The predicted molar refractivity (Wildman–Crippen MR) is 63.0 cm³/mol. The van der Waals surface area contributed by atoms with Crippen LogP contribution in [0.5, 0.6) is 0 Å². The summed E-state index contributed by atoms with van der Waals surface area (Å²) < 4.78 is 5.10. The van der Waals surface area contributed by atoms with Crippen LogP contribution in [-0.2, 0) is 4.74 Å². The Hall–Kier alpha value is -0.970. The van der Waals surface area contributed by atoms with Gasteiger partial charge in [-0.05, 0) is 27.7 Å². The summed E-state index contributed by atoms with van der Waals surface area (Å²) in [5.41, 5.74) is 0.280. The number of ether oxygens (including phenoxy) is 1. The first kappa shape index (κ1) is 12.1. The molecular weight excluding hydrogens is 212 g/mol. The quantitative estimate of drug-likeness (QED) is 0.693. The number of nitrogens with one attached hydrogen (secondary N) is 1. The average Bonchev–Trinajstić information content (AvgIpc) is 2.26. The maximum atomic E-state index is 11.4. The standard InChI is InChI=1S/C10H16N2O2S/c1-6-7(2)15-8(11-6)12-9(13)14-10(3,4)5/h7H,1H2,2-5H3,(H,11,12,13). The van der Waals surface area contributed by atoms with Crippen molar-refractivity contribution in [2.24, 2.45) is 4.99 Å². The highest BCUT2D eigenvalue weighted by atomic mass is 32.2. The second kappa shape index (κ2) is 4.26. The Bertz CT molecular complexity index is 318. The van der Waals surface area contributed by atoms with Gasteiger partial charge >= 0.3 is 6.09 Å². The number of carbonyl (C=O) groups excluding carboxylic acids is 1. The Morgan fingerprint density at radius 1 is 1.60 bits per heavy atom. The lowest BCUT2D eigenvalue weighted by atomic mass is 10.2. The fourth-order valence-corrected chi connectivity index (χ4v) is 1.77. The van der Waals surface area contributed by atoms with Gasteiger partial charge in [0.1, 0.15) is 5.60 Å². The summed E-state index contributed by atoms with van der Waals surface area (Å²) in [6.45, 7) is 11.2. The largest absolute Gasteiger partial charge is 0.444 e. The fraction of sp³-hybridized carbons (Fsp3) is 0.600. The Balaban J connectivity index is 2.47. The van der Waals surface area contributed by atoms with Crippen LogP contribution in [0.1, 0.15) is 27.7 Å². The van der Waals surface area contributed by atoms with Crippen LogP contribution in [0.3, 0.4) is 0 Å². The van der Waals surface area contributed by atoms with Crippen LogP contribution in [0.15, 0.2) is 17.3 Å². The van der Waals surface area contributed by atoms with Crippen LogP contribution in [0, 0.1) is 0 Å². The number of amides is 1. The molecule has 1 aliphatic rings. The molecule has 0 spiro atoms. The van der Waals surface area contributed by atoms with Crippen LogP contribution >= 0.6 is 11.8 Å². The molecule has 1 rings (SSSR count). The van der Waals surface area contributed by atoms with Gasteiger partial charge in [0.25, 0.3) is 0 Å². The summed E-state index contributed by atoms with van der Waals surface area (Å²) >= 11 is 1.47. The molecule has 15 heavy (non-hydrogen) atoms. The maximum Gasteiger partial charge on any atom is 0.413 e. The van der Waals surface area contributed by atoms with E-state index in [1.54, 1.807) is 0 Å². The molecule has 0 bridgehead atoms. The summed E-state index contributed by atoms with van der Waals surface area (Å²) in [5.74, 6) is 0. The van der Waals surface area contributed by atoms with Gasteiger partial charge in [0.15, 0.2) is 5.17 Å². The number of carbonyl (C=O) groups is 1. The summed E-state index contributed by atoms with van der Waals surface area (Å²) in [5, 5.41) is 3.36. The van der Waals surface area contributed by atoms with Crippen molar-refractivity contribution in [1.82, 2.24) is 5.32 Å². The van der Waals surface area contributed by atoms with E-state index in [2.05, 4.69) is 16.9 Å². The highest BCUT2D eigenvalue weighted by Gasteiger charge is 2.23. The smallest absolute Gasteiger partial charge is 0.413 e. The van der Waals surface area contributed by atoms with E-state index in [0.717, 1.165) is 5.70 Å². The third-order valence-corrected chi connectivity index (χ3v) is 2.65. The number of thioether (sulfide) groups is 1. The lowest BCUT2D eigenvalue weighted by Crippen LogP contribution is -2.34. The van der Waals surface area contributed by atoms with E-state index in [0.29, 0.717) is 5.17 Å². The van der Waals surface area contributed by atoms with Gasteiger partial charge in [0.05, 0.1) is 5.25 Å². The number of hydrogen-bond donors (Lipinski definition) is 1. The molecule has 0 aromatic heterocycles. The molecule has 84 valence electrons. The van der Waals surface area contributed by atoms with Gasteiger partial charge in [-0.2, -0.15) is 0 Å². The first-order valence-electron chi connectivity index (χ1n) is 4.72. The van der Waals surface area contributed by atoms with Gasteiger partial charge in [-0.15, -0.1) is 0 Å². The van der Waals surface area contributed by atoms with Crippen molar-refractivity contribution >= 4 is 23.0 Å². The van der Waals surface area contributed by atoms with Crippen LogP contribution in [0.2, 0.25) is 0 Å². The number of aliphatic imine (C=N–C) groups is 1. The molecule has 0 aliphatic carbocycles. The highest BCUT2D eigenvalue weighted by Crippen LogP contribution is 2.26. The van der Waals surface area contributed by atoms with Crippen LogP contribution in [-0.4, -0.2) is 22.1 Å². The van der Waals surface area contributed by atoms with Gasteiger partial charge in [0, 0.05) is 5.70 Å². The van der Waals surface area contributed by atoms with Gasteiger partial charge in [-0.25, -0.2) is 9.79 Å². The highest BCUT2D eigenvalue weighted by molar-refractivity contribution is 8.14. The molecular formula is C10H16N2O2S.